The number of benzene rings is 1. The number of aliphatic carboxylic acids is 1. The lowest BCUT2D eigenvalue weighted by Crippen LogP contribution is -2.03. The second-order valence-corrected chi connectivity index (χ2v) is 6.60. The molecule has 0 saturated carbocycles. The van der Waals surface area contributed by atoms with Crippen molar-refractivity contribution in [1.82, 2.24) is 0 Å². The van der Waals surface area contributed by atoms with Gasteiger partial charge in [0.25, 0.3) is 0 Å². The Morgan fingerprint density at radius 3 is 2.46 bits per heavy atom. The van der Waals surface area contributed by atoms with Crippen molar-refractivity contribution in [2.75, 3.05) is 0 Å². The van der Waals surface area contributed by atoms with E-state index in [0.29, 0.717) is 19.3 Å². The van der Waals surface area contributed by atoms with Crippen LogP contribution in [0, 0.1) is 0 Å². The highest BCUT2D eigenvalue weighted by atomic mass is 16.4. The van der Waals surface area contributed by atoms with Gasteiger partial charge in [0.2, 0.25) is 0 Å². The molecule has 1 rings (SSSR count). The molecular weight excluding hydrogens is 328 g/mol. The van der Waals surface area contributed by atoms with Crippen molar-refractivity contribution in [1.29, 1.82) is 0 Å². The fourth-order valence-electron chi connectivity index (χ4n) is 2.60. The Bertz CT molecular complexity index is 560. The number of unbranched alkanes of at least 4 members (excludes halogenated alkanes) is 3. The van der Waals surface area contributed by atoms with Gasteiger partial charge in [-0.3, -0.25) is 4.79 Å². The van der Waals surface area contributed by atoms with Gasteiger partial charge in [0.1, 0.15) is 0 Å². The first-order valence-corrected chi connectivity index (χ1v) is 9.54. The first-order chi connectivity index (χ1) is 12.5. The smallest absolute Gasteiger partial charge is 0.303 e. The van der Waals surface area contributed by atoms with E-state index in [2.05, 4.69) is 13.0 Å². The van der Waals surface area contributed by atoms with Crippen LogP contribution in [0.25, 0.3) is 6.08 Å². The molecule has 0 heterocycles. The van der Waals surface area contributed by atoms with Crippen molar-refractivity contribution in [3.8, 4) is 0 Å². The molecular formula is C22H32O4. The van der Waals surface area contributed by atoms with Crippen LogP contribution in [-0.4, -0.2) is 27.4 Å². The second kappa shape index (κ2) is 13.3. The third kappa shape index (κ3) is 10.2. The van der Waals surface area contributed by atoms with E-state index in [1.807, 2.05) is 36.4 Å². The molecule has 0 aliphatic rings. The summed E-state index contributed by atoms with van der Waals surface area (Å²) in [5.41, 5.74) is 1.82. The minimum absolute atomic E-state index is 0.0739. The Labute approximate surface area is 156 Å². The molecule has 0 fully saturated rings. The molecule has 0 aromatic heterocycles. The lowest BCUT2D eigenvalue weighted by molar-refractivity contribution is -0.137. The fraction of sp³-hybridized carbons (Fsp3) is 0.500. The maximum Gasteiger partial charge on any atom is 0.303 e. The van der Waals surface area contributed by atoms with E-state index in [1.54, 1.807) is 6.08 Å². The highest BCUT2D eigenvalue weighted by Gasteiger charge is 2.05. The van der Waals surface area contributed by atoms with Crippen molar-refractivity contribution < 1.29 is 20.1 Å². The lowest BCUT2D eigenvalue weighted by Gasteiger charge is -2.09. The van der Waals surface area contributed by atoms with E-state index in [0.717, 1.165) is 17.5 Å². The molecule has 0 bridgehead atoms. The average Bonchev–Trinajstić information content (AvgIpc) is 2.63. The summed E-state index contributed by atoms with van der Waals surface area (Å²) in [5.74, 6) is -0.842. The first kappa shape index (κ1) is 22.1. The Hall–Kier alpha value is -1.91. The number of rotatable bonds is 13. The Balaban J connectivity index is 2.39. The molecule has 26 heavy (non-hydrogen) atoms. The van der Waals surface area contributed by atoms with Gasteiger partial charge in [-0.15, -0.1) is 0 Å². The topological polar surface area (TPSA) is 77.8 Å². The van der Waals surface area contributed by atoms with Gasteiger partial charge in [0.05, 0.1) is 12.2 Å². The predicted molar refractivity (Wildman–Crippen MR) is 106 cm³/mol. The number of aliphatic hydroxyl groups is 2. The van der Waals surface area contributed by atoms with Gasteiger partial charge >= 0.3 is 5.97 Å². The van der Waals surface area contributed by atoms with Gasteiger partial charge in [-0.25, -0.2) is 0 Å². The van der Waals surface area contributed by atoms with Crippen molar-refractivity contribution in [3.05, 3.63) is 53.6 Å². The summed E-state index contributed by atoms with van der Waals surface area (Å²) in [4.78, 5) is 10.4. The average molecular weight is 360 g/mol. The Morgan fingerprint density at radius 1 is 1.08 bits per heavy atom. The van der Waals surface area contributed by atoms with Gasteiger partial charge in [-0.05, 0) is 43.2 Å². The Kier molecular flexibility index (Phi) is 11.3. The third-order valence-electron chi connectivity index (χ3n) is 4.22. The fourth-order valence-corrected chi connectivity index (χ4v) is 2.60. The van der Waals surface area contributed by atoms with E-state index in [1.165, 1.54) is 19.3 Å². The third-order valence-corrected chi connectivity index (χ3v) is 4.22. The van der Waals surface area contributed by atoms with Crippen LogP contribution in [0.2, 0.25) is 0 Å². The minimum Gasteiger partial charge on any atom is -0.481 e. The normalized spacial score (nSPS) is 14.1. The largest absolute Gasteiger partial charge is 0.481 e. The molecule has 1 aromatic rings. The zero-order valence-electron chi connectivity index (χ0n) is 15.7. The van der Waals surface area contributed by atoms with Crippen LogP contribution in [-0.2, 0) is 4.79 Å². The van der Waals surface area contributed by atoms with E-state index >= 15 is 0 Å². The summed E-state index contributed by atoms with van der Waals surface area (Å²) in [7, 11) is 0. The molecule has 3 N–H and O–H groups in total. The van der Waals surface area contributed by atoms with Crippen molar-refractivity contribution >= 4 is 12.0 Å². The SMILES string of the molecule is CCCCC/C=C\CC(O)c1ccc(/C=C\C(O)CCCC(=O)O)cc1. The van der Waals surface area contributed by atoms with Gasteiger partial charge in [0, 0.05) is 6.42 Å². The van der Waals surface area contributed by atoms with Crippen molar-refractivity contribution in [2.24, 2.45) is 0 Å². The van der Waals surface area contributed by atoms with Gasteiger partial charge in [0.15, 0.2) is 0 Å². The highest BCUT2D eigenvalue weighted by Crippen LogP contribution is 2.19. The van der Waals surface area contributed by atoms with Gasteiger partial charge in [-0.2, -0.15) is 0 Å². The number of hydrogen-bond acceptors (Lipinski definition) is 3. The molecule has 0 aliphatic heterocycles. The van der Waals surface area contributed by atoms with Gasteiger partial charge < -0.3 is 15.3 Å². The maximum absolute atomic E-state index is 10.4. The monoisotopic (exact) mass is 360 g/mol. The summed E-state index contributed by atoms with van der Waals surface area (Å²) in [5, 5.41) is 28.6. The number of aliphatic hydroxyl groups excluding tert-OH is 2. The van der Waals surface area contributed by atoms with Crippen LogP contribution in [0.15, 0.2) is 42.5 Å². The van der Waals surface area contributed by atoms with Crippen LogP contribution in [0.5, 0.6) is 0 Å². The van der Waals surface area contributed by atoms with Crippen LogP contribution in [0.4, 0.5) is 0 Å². The molecule has 144 valence electrons. The van der Waals surface area contributed by atoms with Crippen molar-refractivity contribution in [3.63, 3.8) is 0 Å². The summed E-state index contributed by atoms with van der Waals surface area (Å²) in [6.45, 7) is 2.19. The summed E-state index contributed by atoms with van der Waals surface area (Å²) in [6, 6.07) is 7.60. The highest BCUT2D eigenvalue weighted by molar-refractivity contribution is 5.66. The lowest BCUT2D eigenvalue weighted by atomic mass is 10.0. The molecule has 2 atom stereocenters. The molecule has 4 nitrogen and oxygen atoms in total. The number of carboxylic acids is 1. The molecule has 0 saturated heterocycles. The zero-order valence-corrected chi connectivity index (χ0v) is 15.7. The van der Waals surface area contributed by atoms with Gasteiger partial charge in [-0.1, -0.05) is 68.3 Å². The summed E-state index contributed by atoms with van der Waals surface area (Å²) in [6.07, 6.45) is 12.8. The predicted octanol–water partition coefficient (Wildman–Crippen LogP) is 4.88. The Morgan fingerprint density at radius 2 is 1.81 bits per heavy atom. The zero-order chi connectivity index (χ0) is 19.2. The number of carboxylic acid groups (broad SMARTS) is 1. The molecule has 0 radical (unpaired) electrons. The van der Waals surface area contributed by atoms with Crippen LogP contribution >= 0.6 is 0 Å². The first-order valence-electron chi connectivity index (χ1n) is 9.54. The molecule has 1 aromatic carbocycles. The molecule has 0 aliphatic carbocycles. The quantitative estimate of drug-likeness (QED) is 0.346. The number of carbonyl (C=O) groups is 1. The molecule has 0 spiro atoms. The molecule has 4 heteroatoms. The van der Waals surface area contributed by atoms with Crippen LogP contribution in [0.1, 0.15) is 75.5 Å². The van der Waals surface area contributed by atoms with E-state index in [4.69, 9.17) is 5.11 Å². The number of hydrogen-bond donors (Lipinski definition) is 3. The minimum atomic E-state index is -0.842. The standard InChI is InChI=1S/C22H32O4/c1-2-3-4-5-6-7-10-21(24)19-15-12-18(13-16-19)14-17-20(23)9-8-11-22(25)26/h6-7,12-17,20-21,23-24H,2-5,8-11H2,1H3,(H,25,26)/b7-6-,17-14-. The summed E-state index contributed by atoms with van der Waals surface area (Å²) >= 11 is 0. The van der Waals surface area contributed by atoms with E-state index < -0.39 is 18.2 Å². The number of allylic oxidation sites excluding steroid dienone is 1. The van der Waals surface area contributed by atoms with E-state index in [9.17, 15) is 15.0 Å². The van der Waals surface area contributed by atoms with Crippen molar-refractivity contribution in [2.45, 2.75) is 70.5 Å². The molecule has 0 amide bonds. The van der Waals surface area contributed by atoms with Crippen LogP contribution < -0.4 is 0 Å². The second-order valence-electron chi connectivity index (χ2n) is 6.60. The maximum atomic E-state index is 10.4. The summed E-state index contributed by atoms with van der Waals surface area (Å²) < 4.78 is 0. The van der Waals surface area contributed by atoms with Crippen LogP contribution in [0.3, 0.4) is 0 Å². The molecule has 2 unspecified atom stereocenters. The van der Waals surface area contributed by atoms with E-state index in [-0.39, 0.29) is 6.42 Å².